The van der Waals surface area contributed by atoms with Crippen molar-refractivity contribution in [2.24, 2.45) is 0 Å². The molecule has 1 aliphatic rings. The summed E-state index contributed by atoms with van der Waals surface area (Å²) in [5.74, 6) is 0. The molecule has 3 aromatic heterocycles. The minimum atomic E-state index is -0.0837. The van der Waals surface area contributed by atoms with Crippen LogP contribution in [0.15, 0.2) is 176 Å². The van der Waals surface area contributed by atoms with Crippen LogP contribution in [-0.4, -0.2) is 15.0 Å². The minimum absolute atomic E-state index is 0.0837. The van der Waals surface area contributed by atoms with Crippen molar-refractivity contribution < 1.29 is 0 Å². The molecule has 0 radical (unpaired) electrons. The molecule has 0 fully saturated rings. The summed E-state index contributed by atoms with van der Waals surface area (Å²) in [5.41, 5.74) is 12.9. The SMILES string of the molecule is C1=CC(c2ccccn2)Nc2c1c(-c1cccc(-c3c4ccccc4c(-c4ccccc4)c4ccccc34)c1)cc1ccc(-c3ccccn3)nc21. The van der Waals surface area contributed by atoms with Gasteiger partial charge in [0, 0.05) is 23.3 Å². The molecule has 4 heteroatoms. The van der Waals surface area contributed by atoms with E-state index < -0.39 is 0 Å². The van der Waals surface area contributed by atoms with Crippen molar-refractivity contribution in [2.45, 2.75) is 6.04 Å². The first-order valence-corrected chi connectivity index (χ1v) is 17.6. The van der Waals surface area contributed by atoms with Gasteiger partial charge in [-0.15, -0.1) is 0 Å². The Morgan fingerprint density at radius 1 is 0.481 bits per heavy atom. The highest BCUT2D eigenvalue weighted by Gasteiger charge is 2.23. The van der Waals surface area contributed by atoms with Gasteiger partial charge in [0.15, 0.2) is 0 Å². The Morgan fingerprint density at radius 2 is 1.12 bits per heavy atom. The number of nitrogens with one attached hydrogen (secondary N) is 1. The Kier molecular flexibility index (Phi) is 7.17. The van der Waals surface area contributed by atoms with Gasteiger partial charge in [0.25, 0.3) is 0 Å². The van der Waals surface area contributed by atoms with Gasteiger partial charge in [-0.05, 0) is 97.4 Å². The highest BCUT2D eigenvalue weighted by molar-refractivity contribution is 6.21. The predicted molar refractivity (Wildman–Crippen MR) is 216 cm³/mol. The average Bonchev–Trinajstić information content (AvgIpc) is 3.23. The Bertz CT molecular complexity index is 2750. The summed E-state index contributed by atoms with van der Waals surface area (Å²) in [5, 5.41) is 9.87. The van der Waals surface area contributed by atoms with Gasteiger partial charge in [-0.1, -0.05) is 127 Å². The second-order valence-electron chi connectivity index (χ2n) is 13.2. The molecule has 0 spiro atoms. The van der Waals surface area contributed by atoms with Crippen LogP contribution < -0.4 is 5.32 Å². The van der Waals surface area contributed by atoms with Crippen LogP contribution in [0.2, 0.25) is 0 Å². The summed E-state index contributed by atoms with van der Waals surface area (Å²) in [7, 11) is 0. The van der Waals surface area contributed by atoms with Gasteiger partial charge in [0.2, 0.25) is 0 Å². The summed E-state index contributed by atoms with van der Waals surface area (Å²) >= 11 is 0. The van der Waals surface area contributed by atoms with Crippen LogP contribution >= 0.6 is 0 Å². The van der Waals surface area contributed by atoms with Crippen LogP contribution in [0.3, 0.4) is 0 Å². The van der Waals surface area contributed by atoms with Crippen molar-refractivity contribution in [1.82, 2.24) is 15.0 Å². The van der Waals surface area contributed by atoms with E-state index >= 15 is 0 Å². The monoisotopic (exact) mass is 664 g/mol. The lowest BCUT2D eigenvalue weighted by Gasteiger charge is -2.25. The quantitative estimate of drug-likeness (QED) is 0.186. The molecule has 1 atom stereocenters. The molecule has 0 amide bonds. The van der Waals surface area contributed by atoms with E-state index in [1.54, 1.807) is 0 Å². The molecule has 0 bridgehead atoms. The third kappa shape index (κ3) is 5.04. The van der Waals surface area contributed by atoms with Gasteiger partial charge in [0.1, 0.15) is 0 Å². The fraction of sp³-hybridized carbons (Fsp3) is 0.0208. The zero-order chi connectivity index (χ0) is 34.4. The number of aromatic nitrogens is 3. The maximum absolute atomic E-state index is 5.21. The zero-order valence-electron chi connectivity index (χ0n) is 28.2. The number of nitrogens with zero attached hydrogens (tertiary/aromatic N) is 3. The summed E-state index contributed by atoms with van der Waals surface area (Å²) in [6, 6.07) is 55.8. The van der Waals surface area contributed by atoms with Gasteiger partial charge in [0.05, 0.1) is 34.3 Å². The van der Waals surface area contributed by atoms with E-state index in [0.717, 1.165) is 50.4 Å². The molecule has 244 valence electrons. The van der Waals surface area contributed by atoms with Crippen molar-refractivity contribution in [3.05, 3.63) is 187 Å². The molecular weight excluding hydrogens is 633 g/mol. The number of anilines is 1. The number of hydrogen-bond donors (Lipinski definition) is 1. The molecule has 0 aliphatic carbocycles. The first kappa shape index (κ1) is 30.0. The summed E-state index contributed by atoms with van der Waals surface area (Å²) < 4.78 is 0. The minimum Gasteiger partial charge on any atom is -0.371 e. The van der Waals surface area contributed by atoms with E-state index in [9.17, 15) is 0 Å². The predicted octanol–water partition coefficient (Wildman–Crippen LogP) is 12.2. The van der Waals surface area contributed by atoms with Crippen LogP contribution in [0.25, 0.3) is 83.3 Å². The fourth-order valence-corrected chi connectivity index (χ4v) is 7.82. The molecule has 52 heavy (non-hydrogen) atoms. The Labute approximate surface area is 301 Å². The summed E-state index contributed by atoms with van der Waals surface area (Å²) in [6.45, 7) is 0. The maximum atomic E-state index is 5.21. The van der Waals surface area contributed by atoms with Crippen LogP contribution in [0.5, 0.6) is 0 Å². The number of rotatable bonds is 5. The molecule has 4 heterocycles. The van der Waals surface area contributed by atoms with E-state index in [-0.39, 0.29) is 6.04 Å². The van der Waals surface area contributed by atoms with Crippen LogP contribution in [-0.2, 0) is 0 Å². The summed E-state index contributed by atoms with van der Waals surface area (Å²) in [6.07, 6.45) is 8.10. The van der Waals surface area contributed by atoms with Crippen molar-refractivity contribution in [1.29, 1.82) is 0 Å². The van der Waals surface area contributed by atoms with Crippen molar-refractivity contribution >= 4 is 44.2 Å². The van der Waals surface area contributed by atoms with Crippen LogP contribution in [0.4, 0.5) is 5.69 Å². The second kappa shape index (κ2) is 12.4. The number of benzene rings is 6. The molecule has 10 rings (SSSR count). The van der Waals surface area contributed by atoms with Gasteiger partial charge in [-0.3, -0.25) is 9.97 Å². The smallest absolute Gasteiger partial charge is 0.0948 e. The number of fused-ring (bicyclic) bond motifs is 5. The lowest BCUT2D eigenvalue weighted by molar-refractivity contribution is 0.920. The third-order valence-corrected chi connectivity index (χ3v) is 10.2. The standard InChI is InChI=1S/C48H32N4/c1-2-13-31(14-3-1)45-35-17-4-6-19-37(35)46(38-20-7-5-18-36(38)45)33-16-12-15-32(29-33)40-30-34-23-25-43(41-21-8-10-27-49-41)51-47(34)48-39(40)24-26-44(52-48)42-22-9-11-28-50-42/h1-30,44,52H. The number of hydrogen-bond acceptors (Lipinski definition) is 4. The van der Waals surface area contributed by atoms with Crippen molar-refractivity contribution in [3.63, 3.8) is 0 Å². The molecule has 1 unspecified atom stereocenters. The average molecular weight is 665 g/mol. The Hall–Kier alpha value is -6.91. The summed E-state index contributed by atoms with van der Waals surface area (Å²) in [4.78, 5) is 14.5. The van der Waals surface area contributed by atoms with Crippen LogP contribution in [0, 0.1) is 0 Å². The molecule has 1 aliphatic heterocycles. The third-order valence-electron chi connectivity index (χ3n) is 10.2. The highest BCUT2D eigenvalue weighted by Crippen LogP contribution is 2.46. The molecule has 6 aromatic carbocycles. The lowest BCUT2D eigenvalue weighted by Crippen LogP contribution is -2.14. The largest absolute Gasteiger partial charge is 0.371 e. The zero-order valence-corrected chi connectivity index (χ0v) is 28.2. The lowest BCUT2D eigenvalue weighted by atomic mass is 9.85. The first-order valence-electron chi connectivity index (χ1n) is 17.6. The second-order valence-corrected chi connectivity index (χ2v) is 13.2. The molecule has 9 aromatic rings. The van der Waals surface area contributed by atoms with E-state index in [0.29, 0.717) is 0 Å². The van der Waals surface area contributed by atoms with Gasteiger partial charge in [-0.25, -0.2) is 4.98 Å². The van der Waals surface area contributed by atoms with Crippen molar-refractivity contribution in [2.75, 3.05) is 5.32 Å². The van der Waals surface area contributed by atoms with Gasteiger partial charge < -0.3 is 5.32 Å². The Balaban J connectivity index is 1.19. The molecule has 4 nitrogen and oxygen atoms in total. The fourth-order valence-electron chi connectivity index (χ4n) is 7.82. The van der Waals surface area contributed by atoms with E-state index in [1.165, 1.54) is 43.8 Å². The molecule has 0 saturated heterocycles. The van der Waals surface area contributed by atoms with E-state index in [4.69, 9.17) is 4.98 Å². The van der Waals surface area contributed by atoms with E-state index in [1.807, 2.05) is 42.7 Å². The molecule has 1 N–H and O–H groups in total. The van der Waals surface area contributed by atoms with Crippen molar-refractivity contribution in [3.8, 4) is 44.8 Å². The molecule has 0 saturated carbocycles. The number of pyridine rings is 3. The highest BCUT2D eigenvalue weighted by atomic mass is 15.0. The van der Waals surface area contributed by atoms with Crippen LogP contribution in [0.1, 0.15) is 17.3 Å². The van der Waals surface area contributed by atoms with Gasteiger partial charge >= 0.3 is 0 Å². The first-order chi connectivity index (χ1) is 25.8. The van der Waals surface area contributed by atoms with Gasteiger partial charge in [-0.2, -0.15) is 0 Å². The molecular formula is C48H32N4. The van der Waals surface area contributed by atoms with E-state index in [2.05, 4.69) is 155 Å². The topological polar surface area (TPSA) is 50.7 Å². The maximum Gasteiger partial charge on any atom is 0.0948 e. The normalized spacial score (nSPS) is 13.7. The Morgan fingerprint density at radius 3 is 1.81 bits per heavy atom.